The van der Waals surface area contributed by atoms with Gasteiger partial charge in [0.15, 0.2) is 11.5 Å². The first-order valence-corrected chi connectivity index (χ1v) is 9.11. The van der Waals surface area contributed by atoms with Gasteiger partial charge < -0.3 is 19.7 Å². The van der Waals surface area contributed by atoms with E-state index in [0.717, 1.165) is 19.5 Å². The lowest BCUT2D eigenvalue weighted by Crippen LogP contribution is -2.45. The number of aromatic hydroxyl groups is 1. The van der Waals surface area contributed by atoms with E-state index in [9.17, 15) is 5.11 Å². The molecule has 0 unspecified atom stereocenters. The Bertz CT molecular complexity index is 961. The van der Waals surface area contributed by atoms with E-state index in [4.69, 9.17) is 4.42 Å². The molecule has 1 saturated heterocycles. The van der Waals surface area contributed by atoms with E-state index >= 15 is 0 Å². The number of benzene rings is 1. The highest BCUT2D eigenvalue weighted by Gasteiger charge is 2.27. The van der Waals surface area contributed by atoms with Crippen LogP contribution >= 0.6 is 0 Å². The number of hydrogen-bond acceptors (Lipinski definition) is 8. The third-order valence-electron chi connectivity index (χ3n) is 4.55. The Kier molecular flexibility index (Phi) is 4.22. The van der Waals surface area contributed by atoms with Crippen molar-refractivity contribution >= 4 is 17.0 Å². The zero-order valence-electron chi connectivity index (χ0n) is 16.0. The number of aryl methyl sites for hydroxylation is 1. The van der Waals surface area contributed by atoms with Crippen molar-refractivity contribution in [1.82, 2.24) is 25.5 Å². The molecule has 0 radical (unpaired) electrons. The minimum absolute atomic E-state index is 0.0789. The zero-order chi connectivity index (χ0) is 19.2. The Balaban J connectivity index is 1.54. The van der Waals surface area contributed by atoms with Crippen molar-refractivity contribution in [3.63, 3.8) is 0 Å². The van der Waals surface area contributed by atoms with Gasteiger partial charge in [0.25, 0.3) is 0 Å². The first-order chi connectivity index (χ1) is 12.8. The monoisotopic (exact) mass is 368 g/mol. The highest BCUT2D eigenvalue weighted by Crippen LogP contribution is 2.32. The normalized spacial score (nSPS) is 17.8. The molecular formula is C19H24N6O2. The average molecular weight is 368 g/mol. The Morgan fingerprint density at radius 3 is 2.78 bits per heavy atom. The minimum Gasteiger partial charge on any atom is -0.507 e. The topological polar surface area (TPSA) is 100 Å². The van der Waals surface area contributed by atoms with Crippen LogP contribution in [0.25, 0.3) is 22.4 Å². The summed E-state index contributed by atoms with van der Waals surface area (Å²) in [5.74, 6) is 1.23. The van der Waals surface area contributed by atoms with Gasteiger partial charge in [0.05, 0.1) is 6.20 Å². The van der Waals surface area contributed by atoms with E-state index in [1.807, 2.05) is 0 Å². The second-order valence-corrected chi connectivity index (χ2v) is 8.04. The van der Waals surface area contributed by atoms with Crippen molar-refractivity contribution in [2.24, 2.45) is 0 Å². The molecule has 1 fully saturated rings. The van der Waals surface area contributed by atoms with Crippen LogP contribution in [0.15, 0.2) is 22.7 Å². The van der Waals surface area contributed by atoms with Crippen molar-refractivity contribution in [3.8, 4) is 17.0 Å². The second-order valence-electron chi connectivity index (χ2n) is 8.04. The molecule has 142 valence electrons. The van der Waals surface area contributed by atoms with E-state index < -0.39 is 0 Å². The van der Waals surface area contributed by atoms with E-state index in [1.165, 1.54) is 0 Å². The molecule has 0 bridgehead atoms. The third-order valence-corrected chi connectivity index (χ3v) is 4.55. The smallest absolute Gasteiger partial charge is 0.245 e. The second kappa shape index (κ2) is 6.45. The predicted octanol–water partition coefficient (Wildman–Crippen LogP) is 2.66. The summed E-state index contributed by atoms with van der Waals surface area (Å²) in [4.78, 5) is 10.8. The molecule has 8 heteroatoms. The molecule has 0 amide bonds. The SMILES string of the molecule is Cc1nc2cc(O)c(-c3cnc(N4CC[C@@H](NC(C)(C)C)C4)nn3)cc2o1. The summed E-state index contributed by atoms with van der Waals surface area (Å²) >= 11 is 0. The number of nitrogens with one attached hydrogen (secondary N) is 1. The number of hydrogen-bond donors (Lipinski definition) is 2. The number of anilines is 1. The fourth-order valence-corrected chi connectivity index (χ4v) is 3.49. The molecule has 1 aliphatic heterocycles. The Hall–Kier alpha value is -2.74. The summed E-state index contributed by atoms with van der Waals surface area (Å²) in [5, 5.41) is 22.5. The lowest BCUT2D eigenvalue weighted by Gasteiger charge is -2.25. The predicted molar refractivity (Wildman–Crippen MR) is 103 cm³/mol. The number of fused-ring (bicyclic) bond motifs is 1. The highest BCUT2D eigenvalue weighted by molar-refractivity contribution is 5.83. The van der Waals surface area contributed by atoms with Gasteiger partial charge in [0.2, 0.25) is 5.95 Å². The summed E-state index contributed by atoms with van der Waals surface area (Å²) < 4.78 is 5.54. The average Bonchev–Trinajstić information content (AvgIpc) is 3.18. The van der Waals surface area contributed by atoms with Crippen LogP contribution in [0.2, 0.25) is 0 Å². The summed E-state index contributed by atoms with van der Waals surface area (Å²) in [7, 11) is 0. The maximum absolute atomic E-state index is 10.3. The standard InChI is InChI=1S/C19H24N6O2/c1-11-21-14-8-16(26)13(7-17(14)27-11)15-9-20-18(24-23-15)25-6-5-12(10-25)22-19(2,3)4/h7-9,12,22,26H,5-6,10H2,1-4H3/t12-/m1/s1. The number of nitrogens with zero attached hydrogens (tertiary/aromatic N) is 5. The quantitative estimate of drug-likeness (QED) is 0.728. The summed E-state index contributed by atoms with van der Waals surface area (Å²) in [6.07, 6.45) is 2.68. The fraction of sp³-hybridized carbons (Fsp3) is 0.474. The van der Waals surface area contributed by atoms with Gasteiger partial charge in [0, 0.05) is 43.2 Å². The van der Waals surface area contributed by atoms with E-state index in [0.29, 0.717) is 40.2 Å². The van der Waals surface area contributed by atoms with Crippen LogP contribution in [0, 0.1) is 6.92 Å². The molecule has 3 heterocycles. The van der Waals surface area contributed by atoms with Crippen molar-refractivity contribution in [2.75, 3.05) is 18.0 Å². The molecule has 4 rings (SSSR count). The molecule has 0 saturated carbocycles. The largest absolute Gasteiger partial charge is 0.507 e. The number of aromatic nitrogens is 4. The summed E-state index contributed by atoms with van der Waals surface area (Å²) in [6.45, 7) is 10.0. The van der Waals surface area contributed by atoms with Crippen LogP contribution in [-0.2, 0) is 0 Å². The first-order valence-electron chi connectivity index (χ1n) is 9.11. The van der Waals surface area contributed by atoms with Crippen molar-refractivity contribution < 1.29 is 9.52 Å². The van der Waals surface area contributed by atoms with Gasteiger partial charge in [-0.05, 0) is 33.3 Å². The molecule has 0 aliphatic carbocycles. The van der Waals surface area contributed by atoms with E-state index in [1.54, 1.807) is 25.3 Å². The van der Waals surface area contributed by atoms with E-state index in [2.05, 4.69) is 51.2 Å². The Labute approximate surface area is 157 Å². The summed E-state index contributed by atoms with van der Waals surface area (Å²) in [5.41, 5.74) is 2.32. The minimum atomic E-state index is 0.0789. The van der Waals surface area contributed by atoms with Gasteiger partial charge in [-0.15, -0.1) is 10.2 Å². The molecular weight excluding hydrogens is 344 g/mol. The van der Waals surface area contributed by atoms with Crippen LogP contribution in [0.4, 0.5) is 5.95 Å². The number of oxazole rings is 1. The van der Waals surface area contributed by atoms with Gasteiger partial charge in [-0.25, -0.2) is 9.97 Å². The molecule has 1 atom stereocenters. The van der Waals surface area contributed by atoms with Gasteiger partial charge in [0.1, 0.15) is 17.0 Å². The maximum Gasteiger partial charge on any atom is 0.245 e. The Morgan fingerprint density at radius 2 is 2.07 bits per heavy atom. The van der Waals surface area contributed by atoms with Crippen molar-refractivity contribution in [2.45, 2.75) is 45.7 Å². The first kappa shape index (κ1) is 17.7. The van der Waals surface area contributed by atoms with Crippen LogP contribution < -0.4 is 10.2 Å². The molecule has 27 heavy (non-hydrogen) atoms. The molecule has 0 spiro atoms. The number of phenols is 1. The maximum atomic E-state index is 10.3. The molecule has 1 aromatic carbocycles. The van der Waals surface area contributed by atoms with Gasteiger partial charge in [-0.3, -0.25) is 0 Å². The Morgan fingerprint density at radius 1 is 1.26 bits per heavy atom. The molecule has 2 aromatic heterocycles. The van der Waals surface area contributed by atoms with Crippen LogP contribution in [-0.4, -0.2) is 49.9 Å². The van der Waals surface area contributed by atoms with Gasteiger partial charge >= 0.3 is 0 Å². The zero-order valence-corrected chi connectivity index (χ0v) is 16.0. The molecule has 3 aromatic rings. The molecule has 8 nitrogen and oxygen atoms in total. The van der Waals surface area contributed by atoms with Gasteiger partial charge in [-0.2, -0.15) is 0 Å². The lowest BCUT2D eigenvalue weighted by atomic mass is 10.1. The summed E-state index contributed by atoms with van der Waals surface area (Å²) in [6, 6.07) is 3.70. The van der Waals surface area contributed by atoms with Gasteiger partial charge in [-0.1, -0.05) is 0 Å². The number of rotatable bonds is 3. The third kappa shape index (κ3) is 3.71. The van der Waals surface area contributed by atoms with Crippen molar-refractivity contribution in [3.05, 3.63) is 24.2 Å². The van der Waals surface area contributed by atoms with Crippen LogP contribution in [0.1, 0.15) is 33.1 Å². The highest BCUT2D eigenvalue weighted by atomic mass is 16.3. The molecule has 2 N–H and O–H groups in total. The van der Waals surface area contributed by atoms with Crippen LogP contribution in [0.3, 0.4) is 0 Å². The fourth-order valence-electron chi connectivity index (χ4n) is 3.49. The number of phenolic OH excluding ortho intramolecular Hbond substituents is 1. The lowest BCUT2D eigenvalue weighted by molar-refractivity contribution is 0.373. The van der Waals surface area contributed by atoms with Crippen LogP contribution in [0.5, 0.6) is 5.75 Å². The molecule has 1 aliphatic rings. The van der Waals surface area contributed by atoms with Crippen molar-refractivity contribution in [1.29, 1.82) is 0 Å². The van der Waals surface area contributed by atoms with E-state index in [-0.39, 0.29) is 11.3 Å².